The van der Waals surface area contributed by atoms with Crippen LogP contribution in [-0.4, -0.2) is 74.3 Å². The van der Waals surface area contributed by atoms with E-state index in [-0.39, 0.29) is 16.8 Å². The van der Waals surface area contributed by atoms with Crippen LogP contribution in [0.5, 0.6) is 0 Å². The zero-order chi connectivity index (χ0) is 23.4. The van der Waals surface area contributed by atoms with Crippen LogP contribution < -0.4 is 4.72 Å². The summed E-state index contributed by atoms with van der Waals surface area (Å²) in [6, 6.07) is 12.4. The molecule has 0 unspecified atom stereocenters. The number of likely N-dealkylation sites (tertiary alicyclic amines) is 1. The van der Waals surface area contributed by atoms with E-state index in [1.54, 1.807) is 40.1 Å². The number of nitrogens with zero attached hydrogens (tertiary/aromatic N) is 3. The van der Waals surface area contributed by atoms with Gasteiger partial charge in [0.2, 0.25) is 0 Å². The van der Waals surface area contributed by atoms with Gasteiger partial charge in [-0.25, -0.2) is 13.2 Å². The zero-order valence-corrected chi connectivity index (χ0v) is 19.8. The molecule has 2 aliphatic heterocycles. The summed E-state index contributed by atoms with van der Waals surface area (Å²) in [6.45, 7) is 3.35. The minimum atomic E-state index is -3.89. The largest absolute Gasteiger partial charge is 0.335 e. The van der Waals surface area contributed by atoms with Gasteiger partial charge in [0.1, 0.15) is 0 Å². The van der Waals surface area contributed by atoms with E-state index in [2.05, 4.69) is 4.72 Å². The van der Waals surface area contributed by atoms with Crippen LogP contribution in [-0.2, 0) is 10.0 Å². The summed E-state index contributed by atoms with van der Waals surface area (Å²) in [5.41, 5.74) is 0.633. The third-order valence-electron chi connectivity index (χ3n) is 5.93. The molecule has 10 heteroatoms. The molecule has 4 rings (SSSR count). The normalized spacial score (nSPS) is 17.1. The number of urea groups is 1. The van der Waals surface area contributed by atoms with E-state index in [1.165, 1.54) is 18.2 Å². The summed E-state index contributed by atoms with van der Waals surface area (Å²) in [4.78, 5) is 31.1. The van der Waals surface area contributed by atoms with Crippen molar-refractivity contribution in [2.24, 2.45) is 0 Å². The van der Waals surface area contributed by atoms with Crippen molar-refractivity contribution in [1.82, 2.24) is 14.7 Å². The van der Waals surface area contributed by atoms with E-state index in [1.807, 2.05) is 4.90 Å². The molecule has 176 valence electrons. The topological polar surface area (TPSA) is 90.0 Å². The van der Waals surface area contributed by atoms with Crippen molar-refractivity contribution < 1.29 is 18.0 Å². The minimum absolute atomic E-state index is 0.00719. The van der Waals surface area contributed by atoms with Crippen LogP contribution in [0.4, 0.5) is 10.5 Å². The van der Waals surface area contributed by atoms with E-state index in [4.69, 9.17) is 11.6 Å². The lowest BCUT2D eigenvalue weighted by Gasteiger charge is -2.38. The highest BCUT2D eigenvalue weighted by molar-refractivity contribution is 7.92. The number of carbonyl (C=O) groups excluding carboxylic acids is 2. The van der Waals surface area contributed by atoms with Gasteiger partial charge < -0.3 is 14.7 Å². The van der Waals surface area contributed by atoms with Gasteiger partial charge in [-0.1, -0.05) is 23.7 Å². The third kappa shape index (κ3) is 5.59. The van der Waals surface area contributed by atoms with Gasteiger partial charge in [0, 0.05) is 49.9 Å². The molecule has 0 aromatic heterocycles. The molecule has 0 atom stereocenters. The van der Waals surface area contributed by atoms with Crippen LogP contribution in [0, 0.1) is 0 Å². The van der Waals surface area contributed by atoms with Crippen molar-refractivity contribution in [2.45, 2.75) is 24.2 Å². The summed E-state index contributed by atoms with van der Waals surface area (Å²) < 4.78 is 28.1. The first-order chi connectivity index (χ1) is 15.8. The number of halogens is 1. The fourth-order valence-electron chi connectivity index (χ4n) is 4.13. The lowest BCUT2D eigenvalue weighted by Crippen LogP contribution is -2.54. The Balaban J connectivity index is 1.40. The number of hydrogen-bond donors (Lipinski definition) is 1. The molecule has 0 aliphatic carbocycles. The average Bonchev–Trinajstić information content (AvgIpc) is 2.83. The van der Waals surface area contributed by atoms with Crippen LogP contribution in [0.3, 0.4) is 0 Å². The number of anilines is 1. The first-order valence-corrected chi connectivity index (χ1v) is 12.9. The van der Waals surface area contributed by atoms with Gasteiger partial charge >= 0.3 is 6.03 Å². The van der Waals surface area contributed by atoms with E-state index in [0.29, 0.717) is 42.5 Å². The van der Waals surface area contributed by atoms with Crippen molar-refractivity contribution in [3.05, 3.63) is 59.1 Å². The van der Waals surface area contributed by atoms with E-state index in [9.17, 15) is 18.0 Å². The number of amides is 3. The maximum Gasteiger partial charge on any atom is 0.320 e. The Labute approximate surface area is 199 Å². The van der Waals surface area contributed by atoms with Gasteiger partial charge in [0.05, 0.1) is 10.6 Å². The Morgan fingerprint density at radius 3 is 2.12 bits per heavy atom. The van der Waals surface area contributed by atoms with Crippen LogP contribution in [0.25, 0.3) is 0 Å². The number of hydrogen-bond acceptors (Lipinski definition) is 4. The molecule has 2 aromatic rings. The predicted molar refractivity (Wildman–Crippen MR) is 127 cm³/mol. The number of carbonyl (C=O) groups is 2. The lowest BCUT2D eigenvalue weighted by atomic mass is 10.1. The molecule has 2 fully saturated rings. The standard InChI is InChI=1S/C23H27ClN4O4S/c24-19-7-5-8-20(17-19)25-33(31,32)21-9-4-6-18(16-21)22(29)26-12-14-28(15-13-26)23(30)27-10-2-1-3-11-27/h4-9,16-17,25H,1-3,10-15H2. The summed E-state index contributed by atoms with van der Waals surface area (Å²) >= 11 is 5.93. The molecule has 2 aromatic carbocycles. The fourth-order valence-corrected chi connectivity index (χ4v) is 5.42. The fraction of sp³-hybridized carbons (Fsp3) is 0.391. The average molecular weight is 491 g/mol. The SMILES string of the molecule is O=C(c1cccc(S(=O)(=O)Nc2cccc(Cl)c2)c1)N1CCN(C(=O)N2CCCCC2)CC1. The highest BCUT2D eigenvalue weighted by Gasteiger charge is 2.28. The predicted octanol–water partition coefficient (Wildman–Crippen LogP) is 3.50. The molecule has 2 aliphatic rings. The Kier molecular flexibility index (Phi) is 7.09. The number of rotatable bonds is 4. The molecular formula is C23H27ClN4O4S. The molecule has 33 heavy (non-hydrogen) atoms. The van der Waals surface area contributed by atoms with Gasteiger partial charge in [-0.05, 0) is 55.7 Å². The van der Waals surface area contributed by atoms with Crippen molar-refractivity contribution in [2.75, 3.05) is 44.0 Å². The summed E-state index contributed by atoms with van der Waals surface area (Å²) in [5.74, 6) is -0.250. The summed E-state index contributed by atoms with van der Waals surface area (Å²) in [5, 5.41) is 0.414. The van der Waals surface area contributed by atoms with Crippen LogP contribution in [0.2, 0.25) is 5.02 Å². The number of nitrogens with one attached hydrogen (secondary N) is 1. The maximum atomic E-state index is 13.0. The van der Waals surface area contributed by atoms with Gasteiger partial charge in [0.25, 0.3) is 15.9 Å². The van der Waals surface area contributed by atoms with Gasteiger partial charge in [-0.3, -0.25) is 9.52 Å². The Morgan fingerprint density at radius 1 is 0.788 bits per heavy atom. The molecule has 3 amide bonds. The molecular weight excluding hydrogens is 464 g/mol. The van der Waals surface area contributed by atoms with Crippen molar-refractivity contribution in [1.29, 1.82) is 0 Å². The van der Waals surface area contributed by atoms with Crippen LogP contribution in [0.15, 0.2) is 53.4 Å². The second-order valence-electron chi connectivity index (χ2n) is 8.25. The Morgan fingerprint density at radius 2 is 1.42 bits per heavy atom. The first kappa shape index (κ1) is 23.4. The molecule has 0 bridgehead atoms. The molecule has 8 nitrogen and oxygen atoms in total. The highest BCUT2D eigenvalue weighted by atomic mass is 35.5. The van der Waals surface area contributed by atoms with E-state index in [0.717, 1.165) is 32.4 Å². The first-order valence-electron chi connectivity index (χ1n) is 11.0. The lowest BCUT2D eigenvalue weighted by molar-refractivity contribution is 0.0632. The molecule has 0 saturated carbocycles. The molecule has 0 spiro atoms. The van der Waals surface area contributed by atoms with Gasteiger partial charge in [-0.15, -0.1) is 0 Å². The van der Waals surface area contributed by atoms with Gasteiger partial charge in [-0.2, -0.15) is 0 Å². The quantitative estimate of drug-likeness (QED) is 0.710. The summed E-state index contributed by atoms with van der Waals surface area (Å²) in [6.07, 6.45) is 3.24. The second kappa shape index (κ2) is 10.0. The van der Waals surface area contributed by atoms with Crippen LogP contribution >= 0.6 is 11.6 Å². The molecule has 0 radical (unpaired) electrons. The van der Waals surface area contributed by atoms with Crippen molar-refractivity contribution in [3.8, 4) is 0 Å². The monoisotopic (exact) mass is 490 g/mol. The number of piperidine rings is 1. The molecule has 2 saturated heterocycles. The molecule has 2 heterocycles. The molecule has 1 N–H and O–H groups in total. The van der Waals surface area contributed by atoms with E-state index >= 15 is 0 Å². The number of benzene rings is 2. The van der Waals surface area contributed by atoms with Gasteiger partial charge in [0.15, 0.2) is 0 Å². The number of piperazine rings is 1. The highest BCUT2D eigenvalue weighted by Crippen LogP contribution is 2.21. The number of sulfonamides is 1. The smallest absolute Gasteiger partial charge is 0.320 e. The van der Waals surface area contributed by atoms with Crippen molar-refractivity contribution >= 4 is 39.2 Å². The van der Waals surface area contributed by atoms with Crippen molar-refractivity contribution in [3.63, 3.8) is 0 Å². The minimum Gasteiger partial charge on any atom is -0.335 e. The van der Waals surface area contributed by atoms with Crippen LogP contribution in [0.1, 0.15) is 29.6 Å². The van der Waals surface area contributed by atoms with E-state index < -0.39 is 10.0 Å². The maximum absolute atomic E-state index is 13.0. The second-order valence-corrected chi connectivity index (χ2v) is 10.4. The summed E-state index contributed by atoms with van der Waals surface area (Å²) in [7, 11) is -3.89. The third-order valence-corrected chi connectivity index (χ3v) is 7.55. The Bertz CT molecular complexity index is 1130. The Hall–Kier alpha value is -2.78. The zero-order valence-electron chi connectivity index (χ0n) is 18.2.